The van der Waals surface area contributed by atoms with E-state index in [0.29, 0.717) is 0 Å². The summed E-state index contributed by atoms with van der Waals surface area (Å²) < 4.78 is 0. The molecule has 2 aromatic rings. The highest BCUT2D eigenvalue weighted by atomic mass is 14.6. The van der Waals surface area contributed by atoms with Crippen LogP contribution in [0.1, 0.15) is 16.7 Å². The van der Waals surface area contributed by atoms with Crippen LogP contribution in [0.15, 0.2) is 48.5 Å². The molecule has 15 heavy (non-hydrogen) atoms. The minimum atomic E-state index is 0.878. The summed E-state index contributed by atoms with van der Waals surface area (Å²) in [6.45, 7) is 2.08. The molecule has 0 saturated heterocycles. The van der Waals surface area contributed by atoms with Crippen molar-refractivity contribution in [1.29, 1.82) is 0 Å². The van der Waals surface area contributed by atoms with Crippen molar-refractivity contribution in [1.82, 2.24) is 0 Å². The van der Waals surface area contributed by atoms with E-state index in [-0.39, 0.29) is 0 Å². The summed E-state index contributed by atoms with van der Waals surface area (Å²) in [5.74, 6) is 0. The maximum atomic E-state index is 5.87. The molecule has 0 unspecified atom stereocenters. The van der Waals surface area contributed by atoms with Gasteiger partial charge in [-0.3, -0.25) is 0 Å². The van der Waals surface area contributed by atoms with Gasteiger partial charge < -0.3 is 5.73 Å². The Kier molecular flexibility index (Phi) is 2.72. The molecule has 0 bridgehead atoms. The summed E-state index contributed by atoms with van der Waals surface area (Å²) in [5, 5.41) is 0. The van der Waals surface area contributed by atoms with Gasteiger partial charge in [-0.15, -0.1) is 0 Å². The molecule has 0 saturated carbocycles. The predicted octanol–water partition coefficient (Wildman–Crippen LogP) is 3.17. The number of benzene rings is 2. The number of hydrogen-bond acceptors (Lipinski definition) is 1. The van der Waals surface area contributed by atoms with Crippen LogP contribution in [0.3, 0.4) is 0 Å². The van der Waals surface area contributed by atoms with Crippen LogP contribution in [0.4, 0.5) is 5.69 Å². The fourth-order valence-corrected chi connectivity index (χ4v) is 1.71. The third-order valence-corrected chi connectivity index (χ3v) is 2.73. The minimum absolute atomic E-state index is 0.878. The van der Waals surface area contributed by atoms with E-state index in [1.807, 2.05) is 18.2 Å². The summed E-state index contributed by atoms with van der Waals surface area (Å²) in [6.07, 6.45) is 0.956. The van der Waals surface area contributed by atoms with E-state index < -0.39 is 0 Å². The highest BCUT2D eigenvalue weighted by molar-refractivity contribution is 5.51. The van der Waals surface area contributed by atoms with Crippen LogP contribution in [0.5, 0.6) is 0 Å². The fourth-order valence-electron chi connectivity index (χ4n) is 1.71. The SMILES string of the molecule is Cc1c(N)cccc1Cc1ccccc1. The molecule has 0 aromatic heterocycles. The van der Waals surface area contributed by atoms with E-state index in [2.05, 4.69) is 37.3 Å². The first-order valence-electron chi connectivity index (χ1n) is 5.15. The van der Waals surface area contributed by atoms with Crippen molar-refractivity contribution in [3.8, 4) is 0 Å². The van der Waals surface area contributed by atoms with Gasteiger partial charge in [-0.05, 0) is 36.1 Å². The van der Waals surface area contributed by atoms with E-state index in [0.717, 1.165) is 12.1 Å². The Morgan fingerprint density at radius 3 is 2.40 bits per heavy atom. The standard InChI is InChI=1S/C14H15N/c1-11-13(8-5-9-14(11)15)10-12-6-3-2-4-7-12/h2-9H,10,15H2,1H3. The highest BCUT2D eigenvalue weighted by Crippen LogP contribution is 2.18. The van der Waals surface area contributed by atoms with Crippen molar-refractivity contribution in [2.45, 2.75) is 13.3 Å². The Bertz CT molecular complexity index is 446. The molecule has 2 aromatic carbocycles. The van der Waals surface area contributed by atoms with E-state index >= 15 is 0 Å². The van der Waals surface area contributed by atoms with Crippen molar-refractivity contribution in [3.63, 3.8) is 0 Å². The van der Waals surface area contributed by atoms with Crippen molar-refractivity contribution < 1.29 is 0 Å². The maximum absolute atomic E-state index is 5.87. The van der Waals surface area contributed by atoms with Gasteiger partial charge in [-0.25, -0.2) is 0 Å². The Morgan fingerprint density at radius 1 is 0.933 bits per heavy atom. The predicted molar refractivity (Wildman–Crippen MR) is 64.8 cm³/mol. The number of rotatable bonds is 2. The first-order valence-corrected chi connectivity index (χ1v) is 5.15. The van der Waals surface area contributed by atoms with Crippen LogP contribution >= 0.6 is 0 Å². The Morgan fingerprint density at radius 2 is 1.67 bits per heavy atom. The van der Waals surface area contributed by atoms with Crippen LogP contribution in [-0.4, -0.2) is 0 Å². The summed E-state index contributed by atoms with van der Waals surface area (Å²) >= 11 is 0. The van der Waals surface area contributed by atoms with Crippen molar-refractivity contribution in [2.75, 3.05) is 5.73 Å². The van der Waals surface area contributed by atoms with E-state index in [1.165, 1.54) is 16.7 Å². The molecular weight excluding hydrogens is 182 g/mol. The van der Waals surface area contributed by atoms with E-state index in [9.17, 15) is 0 Å². The second kappa shape index (κ2) is 4.18. The Hall–Kier alpha value is -1.76. The van der Waals surface area contributed by atoms with E-state index in [1.54, 1.807) is 0 Å². The third-order valence-electron chi connectivity index (χ3n) is 2.73. The summed E-state index contributed by atoms with van der Waals surface area (Å²) in [6, 6.07) is 16.6. The first kappa shape index (κ1) is 9.78. The Balaban J connectivity index is 2.29. The topological polar surface area (TPSA) is 26.0 Å². The fraction of sp³-hybridized carbons (Fsp3) is 0.143. The smallest absolute Gasteiger partial charge is 0.0346 e. The zero-order valence-electron chi connectivity index (χ0n) is 8.90. The Labute approximate surface area is 90.6 Å². The molecule has 0 spiro atoms. The van der Waals surface area contributed by atoms with Gasteiger partial charge in [0, 0.05) is 5.69 Å². The largest absolute Gasteiger partial charge is 0.399 e. The average Bonchev–Trinajstić information content (AvgIpc) is 2.26. The molecule has 0 aliphatic rings. The van der Waals surface area contributed by atoms with Crippen LogP contribution in [0.2, 0.25) is 0 Å². The van der Waals surface area contributed by atoms with Crippen LogP contribution in [0, 0.1) is 6.92 Å². The lowest BCUT2D eigenvalue weighted by atomic mass is 10.00. The van der Waals surface area contributed by atoms with Gasteiger partial charge in [0.15, 0.2) is 0 Å². The molecule has 0 heterocycles. The van der Waals surface area contributed by atoms with Crippen LogP contribution < -0.4 is 5.73 Å². The van der Waals surface area contributed by atoms with Crippen LogP contribution in [0.25, 0.3) is 0 Å². The molecule has 2 N–H and O–H groups in total. The van der Waals surface area contributed by atoms with Crippen LogP contribution in [-0.2, 0) is 6.42 Å². The van der Waals surface area contributed by atoms with Crippen molar-refractivity contribution in [3.05, 3.63) is 65.2 Å². The second-order valence-corrected chi connectivity index (χ2v) is 3.79. The molecule has 0 aliphatic carbocycles. The van der Waals surface area contributed by atoms with Gasteiger partial charge in [0.2, 0.25) is 0 Å². The molecule has 0 amide bonds. The summed E-state index contributed by atoms with van der Waals surface area (Å²) in [4.78, 5) is 0. The monoisotopic (exact) mass is 197 g/mol. The van der Waals surface area contributed by atoms with Gasteiger partial charge in [0.1, 0.15) is 0 Å². The summed E-state index contributed by atoms with van der Waals surface area (Å²) in [7, 11) is 0. The minimum Gasteiger partial charge on any atom is -0.399 e. The number of nitrogens with two attached hydrogens (primary N) is 1. The highest BCUT2D eigenvalue weighted by Gasteiger charge is 2.01. The molecular formula is C14H15N. The molecule has 2 rings (SSSR count). The molecule has 0 aliphatic heterocycles. The van der Waals surface area contributed by atoms with Gasteiger partial charge in [-0.1, -0.05) is 42.5 Å². The second-order valence-electron chi connectivity index (χ2n) is 3.79. The zero-order valence-corrected chi connectivity index (χ0v) is 8.90. The lowest BCUT2D eigenvalue weighted by molar-refractivity contribution is 1.16. The molecule has 0 radical (unpaired) electrons. The number of hydrogen-bond donors (Lipinski definition) is 1. The van der Waals surface area contributed by atoms with Gasteiger partial charge in [-0.2, -0.15) is 0 Å². The quantitative estimate of drug-likeness (QED) is 0.735. The van der Waals surface area contributed by atoms with Gasteiger partial charge in [0.05, 0.1) is 0 Å². The van der Waals surface area contributed by atoms with Gasteiger partial charge >= 0.3 is 0 Å². The zero-order chi connectivity index (χ0) is 10.7. The van der Waals surface area contributed by atoms with Crippen molar-refractivity contribution in [2.24, 2.45) is 0 Å². The molecule has 76 valence electrons. The molecule has 1 heteroatoms. The summed E-state index contributed by atoms with van der Waals surface area (Å²) in [5.41, 5.74) is 10.6. The third kappa shape index (κ3) is 2.18. The molecule has 0 atom stereocenters. The van der Waals surface area contributed by atoms with Crippen molar-refractivity contribution >= 4 is 5.69 Å². The first-order chi connectivity index (χ1) is 7.27. The number of nitrogen functional groups attached to an aromatic ring is 1. The molecule has 1 nitrogen and oxygen atoms in total. The number of anilines is 1. The normalized spacial score (nSPS) is 10.2. The van der Waals surface area contributed by atoms with Gasteiger partial charge in [0.25, 0.3) is 0 Å². The maximum Gasteiger partial charge on any atom is 0.0346 e. The van der Waals surface area contributed by atoms with E-state index in [4.69, 9.17) is 5.73 Å². The average molecular weight is 197 g/mol. The molecule has 0 fully saturated rings. The lowest BCUT2D eigenvalue weighted by Crippen LogP contribution is -1.96. The lowest BCUT2D eigenvalue weighted by Gasteiger charge is -2.08.